The Morgan fingerprint density at radius 3 is 2.79 bits per heavy atom. The van der Waals surface area contributed by atoms with Crippen LogP contribution in [-0.4, -0.2) is 20.2 Å². The van der Waals surface area contributed by atoms with Crippen molar-refractivity contribution in [3.63, 3.8) is 0 Å². The Balaban J connectivity index is 1.46. The summed E-state index contributed by atoms with van der Waals surface area (Å²) in [5.41, 5.74) is 2.11. The zero-order valence-electron chi connectivity index (χ0n) is 15.4. The van der Waals surface area contributed by atoms with E-state index in [2.05, 4.69) is 15.2 Å². The molecule has 4 aromatic rings. The molecule has 0 aliphatic heterocycles. The fourth-order valence-electron chi connectivity index (χ4n) is 3.48. The molecule has 0 bridgehead atoms. The lowest BCUT2D eigenvalue weighted by Gasteiger charge is -2.09. The van der Waals surface area contributed by atoms with Crippen LogP contribution in [-0.2, 0) is 12.8 Å². The van der Waals surface area contributed by atoms with Gasteiger partial charge in [0, 0.05) is 15.8 Å². The minimum Gasteiger partial charge on any atom is -0.419 e. The predicted octanol–water partition coefficient (Wildman–Crippen LogP) is 5.53. The molecule has 142 valence electrons. The number of aromatic nitrogens is 4. The number of benzene rings is 1. The van der Waals surface area contributed by atoms with E-state index in [0.717, 1.165) is 28.5 Å². The quantitative estimate of drug-likeness (QED) is 0.324. The standard InChI is InChI=1S/C20H17FN4OS2/c1-10(17-24-25-18(26-17)12-6-8-13(21)9-7-12)27-19-16-14-4-3-5-15(14)28-20(16)23-11(2)22-19/h6-10H,3-5H2,1-2H3/t10-/m1/s1. The van der Waals surface area contributed by atoms with Gasteiger partial charge in [0.05, 0.1) is 5.25 Å². The molecule has 0 saturated heterocycles. The van der Waals surface area contributed by atoms with E-state index in [1.165, 1.54) is 34.4 Å². The molecule has 1 atom stereocenters. The number of rotatable bonds is 4. The van der Waals surface area contributed by atoms with Gasteiger partial charge in [0.2, 0.25) is 11.8 Å². The highest BCUT2D eigenvalue weighted by Gasteiger charge is 2.24. The van der Waals surface area contributed by atoms with Crippen LogP contribution in [0.5, 0.6) is 0 Å². The van der Waals surface area contributed by atoms with Crippen LogP contribution >= 0.6 is 23.1 Å². The molecule has 0 radical (unpaired) electrons. The van der Waals surface area contributed by atoms with E-state index in [9.17, 15) is 4.39 Å². The maximum absolute atomic E-state index is 13.1. The van der Waals surface area contributed by atoms with Crippen LogP contribution in [0.15, 0.2) is 33.7 Å². The van der Waals surface area contributed by atoms with Crippen molar-refractivity contribution in [2.24, 2.45) is 0 Å². The highest BCUT2D eigenvalue weighted by Crippen LogP contribution is 2.44. The topological polar surface area (TPSA) is 64.7 Å². The molecular weight excluding hydrogens is 395 g/mol. The fourth-order valence-corrected chi connectivity index (χ4v) is 5.90. The Morgan fingerprint density at radius 1 is 1.14 bits per heavy atom. The van der Waals surface area contributed by atoms with E-state index in [0.29, 0.717) is 17.3 Å². The number of nitrogens with zero attached hydrogens (tertiary/aromatic N) is 4. The van der Waals surface area contributed by atoms with E-state index in [1.54, 1.807) is 35.2 Å². The molecule has 0 N–H and O–H groups in total. The van der Waals surface area contributed by atoms with Gasteiger partial charge in [-0.2, -0.15) is 0 Å². The normalized spacial score (nSPS) is 14.5. The van der Waals surface area contributed by atoms with Crippen LogP contribution in [0.2, 0.25) is 0 Å². The molecule has 5 nitrogen and oxygen atoms in total. The zero-order chi connectivity index (χ0) is 19.3. The van der Waals surface area contributed by atoms with Gasteiger partial charge in [0.1, 0.15) is 21.5 Å². The van der Waals surface area contributed by atoms with Crippen LogP contribution in [0.4, 0.5) is 4.39 Å². The monoisotopic (exact) mass is 412 g/mol. The molecule has 0 amide bonds. The molecule has 1 aliphatic rings. The average Bonchev–Trinajstić information content (AvgIpc) is 3.37. The summed E-state index contributed by atoms with van der Waals surface area (Å²) in [5, 5.41) is 10.4. The first-order valence-corrected chi connectivity index (χ1v) is 10.8. The van der Waals surface area contributed by atoms with E-state index in [4.69, 9.17) is 9.40 Å². The number of hydrogen-bond donors (Lipinski definition) is 0. The van der Waals surface area contributed by atoms with Crippen molar-refractivity contribution in [3.05, 3.63) is 52.2 Å². The second-order valence-electron chi connectivity index (χ2n) is 6.83. The number of fused-ring (bicyclic) bond motifs is 3. The Kier molecular flexibility index (Phi) is 4.40. The smallest absolute Gasteiger partial charge is 0.247 e. The van der Waals surface area contributed by atoms with Crippen LogP contribution in [0.3, 0.4) is 0 Å². The fraction of sp³-hybridized carbons (Fsp3) is 0.300. The summed E-state index contributed by atoms with van der Waals surface area (Å²) in [6.07, 6.45) is 3.44. The van der Waals surface area contributed by atoms with E-state index in [1.807, 2.05) is 13.8 Å². The molecule has 3 heterocycles. The summed E-state index contributed by atoms with van der Waals surface area (Å²) < 4.78 is 19.0. The first-order chi connectivity index (χ1) is 13.6. The minimum absolute atomic E-state index is 0.0591. The van der Waals surface area contributed by atoms with Crippen molar-refractivity contribution in [2.45, 2.75) is 43.4 Å². The van der Waals surface area contributed by atoms with E-state index in [-0.39, 0.29) is 11.1 Å². The van der Waals surface area contributed by atoms with Crippen molar-refractivity contribution in [3.8, 4) is 11.5 Å². The Hall–Kier alpha value is -2.32. The molecule has 1 aromatic carbocycles. The number of thiophene rings is 1. The predicted molar refractivity (Wildman–Crippen MR) is 108 cm³/mol. The first kappa shape index (κ1) is 17.8. The van der Waals surface area contributed by atoms with Gasteiger partial charge in [-0.3, -0.25) is 0 Å². The first-order valence-electron chi connectivity index (χ1n) is 9.13. The number of halogens is 1. The minimum atomic E-state index is -0.293. The van der Waals surface area contributed by atoms with Gasteiger partial charge in [-0.1, -0.05) is 11.8 Å². The molecule has 28 heavy (non-hydrogen) atoms. The molecule has 3 aromatic heterocycles. The Bertz CT molecular complexity index is 1170. The number of thioether (sulfide) groups is 1. The van der Waals surface area contributed by atoms with Gasteiger partial charge in [-0.15, -0.1) is 21.5 Å². The molecular formula is C20H17FN4OS2. The van der Waals surface area contributed by atoms with Gasteiger partial charge in [0.25, 0.3) is 0 Å². The second kappa shape index (κ2) is 6.93. The molecule has 0 saturated carbocycles. The lowest BCUT2D eigenvalue weighted by molar-refractivity contribution is 0.509. The maximum Gasteiger partial charge on any atom is 0.247 e. The molecule has 0 spiro atoms. The van der Waals surface area contributed by atoms with Crippen molar-refractivity contribution >= 4 is 33.3 Å². The van der Waals surface area contributed by atoms with Crippen LogP contribution in [0.1, 0.15) is 40.8 Å². The van der Waals surface area contributed by atoms with Crippen LogP contribution in [0, 0.1) is 12.7 Å². The van der Waals surface area contributed by atoms with E-state index < -0.39 is 0 Å². The molecule has 5 rings (SSSR count). The van der Waals surface area contributed by atoms with Crippen molar-refractivity contribution in [1.29, 1.82) is 0 Å². The second-order valence-corrected chi connectivity index (χ2v) is 9.24. The van der Waals surface area contributed by atoms with Gasteiger partial charge >= 0.3 is 0 Å². The molecule has 0 unspecified atom stereocenters. The maximum atomic E-state index is 13.1. The zero-order valence-corrected chi connectivity index (χ0v) is 17.0. The summed E-state index contributed by atoms with van der Waals surface area (Å²) in [4.78, 5) is 11.9. The van der Waals surface area contributed by atoms with Gasteiger partial charge in [0.15, 0.2) is 0 Å². The summed E-state index contributed by atoms with van der Waals surface area (Å²) in [6, 6.07) is 6.04. The molecule has 0 fully saturated rings. The third-order valence-corrected chi connectivity index (χ3v) is 7.07. The Labute approximate surface area is 169 Å². The Morgan fingerprint density at radius 2 is 1.96 bits per heavy atom. The van der Waals surface area contributed by atoms with Crippen molar-refractivity contribution in [2.75, 3.05) is 0 Å². The third kappa shape index (κ3) is 3.10. The largest absolute Gasteiger partial charge is 0.419 e. The summed E-state index contributed by atoms with van der Waals surface area (Å²) in [5.74, 6) is 1.40. The summed E-state index contributed by atoms with van der Waals surface area (Å²) in [6.45, 7) is 3.96. The van der Waals surface area contributed by atoms with E-state index >= 15 is 0 Å². The van der Waals surface area contributed by atoms with Crippen LogP contribution in [0.25, 0.3) is 21.7 Å². The lowest BCUT2D eigenvalue weighted by Crippen LogP contribution is -1.95. The van der Waals surface area contributed by atoms with Crippen LogP contribution < -0.4 is 0 Å². The highest BCUT2D eigenvalue weighted by atomic mass is 32.2. The van der Waals surface area contributed by atoms with Crippen molar-refractivity contribution in [1.82, 2.24) is 20.2 Å². The molecule has 8 heteroatoms. The summed E-state index contributed by atoms with van der Waals surface area (Å²) >= 11 is 3.41. The number of hydrogen-bond acceptors (Lipinski definition) is 7. The highest BCUT2D eigenvalue weighted by molar-refractivity contribution is 7.99. The van der Waals surface area contributed by atoms with Gasteiger partial charge in [-0.05, 0) is 62.9 Å². The summed E-state index contributed by atoms with van der Waals surface area (Å²) in [7, 11) is 0. The SMILES string of the molecule is Cc1nc(S[C@H](C)c2nnc(-c3ccc(F)cc3)o2)c2c3c(sc2n1)CCC3. The van der Waals surface area contributed by atoms with Gasteiger partial charge < -0.3 is 4.42 Å². The number of aryl methyl sites for hydroxylation is 3. The third-order valence-electron chi connectivity index (χ3n) is 4.81. The molecule has 1 aliphatic carbocycles. The van der Waals surface area contributed by atoms with Gasteiger partial charge in [-0.25, -0.2) is 14.4 Å². The van der Waals surface area contributed by atoms with Crippen molar-refractivity contribution < 1.29 is 8.81 Å². The lowest BCUT2D eigenvalue weighted by atomic mass is 10.2. The average molecular weight is 413 g/mol.